The van der Waals surface area contributed by atoms with Gasteiger partial charge in [-0.05, 0) is 30.5 Å². The summed E-state index contributed by atoms with van der Waals surface area (Å²) in [5.74, 6) is -0.475. The fraction of sp³-hybridized carbons (Fsp3) is 0.353. The zero-order valence-electron chi connectivity index (χ0n) is 15.7. The summed E-state index contributed by atoms with van der Waals surface area (Å²) in [6, 6.07) is 5.37. The molecule has 0 spiro atoms. The Hall–Kier alpha value is -3.64. The highest BCUT2D eigenvalue weighted by atomic mass is 19.4. The molecule has 3 N–H and O–H groups in total. The quantitative estimate of drug-likeness (QED) is 0.501. The number of nitrogens with two attached hydrogens (primary N) is 1. The number of aryl methyl sites for hydroxylation is 2. The van der Waals surface area contributed by atoms with Crippen LogP contribution >= 0.6 is 0 Å². The molecule has 30 heavy (non-hydrogen) atoms. The first kappa shape index (κ1) is 21.1. The van der Waals surface area contributed by atoms with Crippen LogP contribution in [0.1, 0.15) is 28.9 Å². The van der Waals surface area contributed by atoms with E-state index in [9.17, 15) is 18.0 Å². The molecule has 10 nitrogen and oxygen atoms in total. The molecular weight excluding hydrogens is 405 g/mol. The number of carbonyl (C=O) groups is 1. The van der Waals surface area contributed by atoms with Crippen LogP contribution in [0.5, 0.6) is 5.75 Å². The number of halogens is 3. The van der Waals surface area contributed by atoms with Crippen molar-refractivity contribution >= 4 is 11.7 Å². The van der Waals surface area contributed by atoms with Crippen LogP contribution in [0.2, 0.25) is 0 Å². The molecule has 0 bridgehead atoms. The second-order valence-electron chi connectivity index (χ2n) is 6.36. The second-order valence-corrected chi connectivity index (χ2v) is 6.36. The lowest BCUT2D eigenvalue weighted by Gasteiger charge is -2.10. The third-order valence-corrected chi connectivity index (χ3v) is 3.94. The summed E-state index contributed by atoms with van der Waals surface area (Å²) >= 11 is 0. The standard InChI is InChI=1S/C17H19F3N8O2/c18-17(19,20)30-13-5-3-4-12(8-13)9-22-16(29)14-10-27(25-23-14)6-1-2-7-28-11-15(21)24-26-28/h3-5,8,10-11H,1-2,6-7,9,21H2,(H,22,29). The van der Waals surface area contributed by atoms with Gasteiger partial charge in [0.15, 0.2) is 11.5 Å². The van der Waals surface area contributed by atoms with Crippen molar-refractivity contribution < 1.29 is 22.7 Å². The van der Waals surface area contributed by atoms with Gasteiger partial charge in [0, 0.05) is 19.6 Å². The van der Waals surface area contributed by atoms with Gasteiger partial charge in [0.1, 0.15) is 5.75 Å². The monoisotopic (exact) mass is 424 g/mol. The zero-order valence-corrected chi connectivity index (χ0v) is 15.7. The van der Waals surface area contributed by atoms with E-state index in [0.717, 1.165) is 12.8 Å². The van der Waals surface area contributed by atoms with Gasteiger partial charge in [-0.25, -0.2) is 0 Å². The van der Waals surface area contributed by atoms with E-state index in [-0.39, 0.29) is 18.0 Å². The van der Waals surface area contributed by atoms with E-state index in [1.165, 1.54) is 24.4 Å². The van der Waals surface area contributed by atoms with E-state index in [1.54, 1.807) is 21.6 Å². The van der Waals surface area contributed by atoms with Crippen molar-refractivity contribution in [1.29, 1.82) is 0 Å². The number of rotatable bonds is 9. The fourth-order valence-corrected chi connectivity index (χ4v) is 2.61. The first-order valence-corrected chi connectivity index (χ1v) is 8.97. The van der Waals surface area contributed by atoms with Crippen LogP contribution < -0.4 is 15.8 Å². The van der Waals surface area contributed by atoms with E-state index < -0.39 is 12.3 Å². The Morgan fingerprint density at radius 1 is 1.10 bits per heavy atom. The molecule has 0 aliphatic heterocycles. The minimum Gasteiger partial charge on any atom is -0.406 e. The molecule has 0 aliphatic rings. The maximum Gasteiger partial charge on any atom is 0.573 e. The molecule has 2 aromatic heterocycles. The molecule has 2 heterocycles. The highest BCUT2D eigenvalue weighted by Crippen LogP contribution is 2.23. The highest BCUT2D eigenvalue weighted by molar-refractivity contribution is 5.91. The summed E-state index contributed by atoms with van der Waals surface area (Å²) in [5.41, 5.74) is 6.06. The second kappa shape index (κ2) is 9.24. The molecule has 0 atom stereocenters. The average molecular weight is 424 g/mol. The van der Waals surface area contributed by atoms with Crippen LogP contribution in [0.15, 0.2) is 36.7 Å². The van der Waals surface area contributed by atoms with Crippen molar-refractivity contribution in [2.24, 2.45) is 0 Å². The predicted molar refractivity (Wildman–Crippen MR) is 98.0 cm³/mol. The Labute approximate surface area is 168 Å². The van der Waals surface area contributed by atoms with Gasteiger partial charge in [0.05, 0.1) is 12.4 Å². The molecule has 0 fully saturated rings. The first-order valence-electron chi connectivity index (χ1n) is 8.97. The molecule has 3 rings (SSSR count). The SMILES string of the molecule is Nc1cn(CCCCn2cc(C(=O)NCc3cccc(OC(F)(F)F)c3)nn2)nn1. The number of anilines is 1. The zero-order chi connectivity index (χ0) is 21.6. The molecule has 0 aliphatic carbocycles. The minimum absolute atomic E-state index is 0.0157. The molecule has 3 aromatic rings. The lowest BCUT2D eigenvalue weighted by Crippen LogP contribution is -2.23. The Bertz CT molecular complexity index is 985. The van der Waals surface area contributed by atoms with Crippen molar-refractivity contribution in [3.8, 4) is 5.75 Å². The lowest BCUT2D eigenvalue weighted by atomic mass is 10.2. The number of aromatic nitrogens is 6. The van der Waals surface area contributed by atoms with E-state index in [2.05, 4.69) is 30.7 Å². The topological polar surface area (TPSA) is 126 Å². The summed E-state index contributed by atoms with van der Waals surface area (Å²) in [7, 11) is 0. The molecule has 160 valence electrons. The van der Waals surface area contributed by atoms with Crippen LogP contribution in [-0.2, 0) is 19.6 Å². The van der Waals surface area contributed by atoms with Gasteiger partial charge in [0.25, 0.3) is 5.91 Å². The normalized spacial score (nSPS) is 11.4. The fourth-order valence-electron chi connectivity index (χ4n) is 2.61. The summed E-state index contributed by atoms with van der Waals surface area (Å²) in [6.07, 6.45) is -0.0471. The van der Waals surface area contributed by atoms with Gasteiger partial charge in [-0.15, -0.1) is 23.4 Å². The molecular formula is C17H19F3N8O2. The molecule has 0 radical (unpaired) electrons. The van der Waals surface area contributed by atoms with Gasteiger partial charge < -0.3 is 15.8 Å². The van der Waals surface area contributed by atoms with Crippen LogP contribution in [0.25, 0.3) is 0 Å². The Morgan fingerprint density at radius 3 is 2.47 bits per heavy atom. The minimum atomic E-state index is -4.77. The molecule has 0 unspecified atom stereocenters. The number of benzene rings is 1. The Kier molecular flexibility index (Phi) is 6.49. The van der Waals surface area contributed by atoms with E-state index in [4.69, 9.17) is 5.73 Å². The third-order valence-electron chi connectivity index (χ3n) is 3.94. The highest BCUT2D eigenvalue weighted by Gasteiger charge is 2.31. The number of nitrogen functional groups attached to an aromatic ring is 1. The molecule has 13 heteroatoms. The number of carbonyl (C=O) groups excluding carboxylic acids is 1. The van der Waals surface area contributed by atoms with Crippen LogP contribution in [0, 0.1) is 0 Å². The van der Waals surface area contributed by atoms with Crippen LogP contribution in [0.4, 0.5) is 19.0 Å². The molecule has 0 saturated carbocycles. The predicted octanol–water partition coefficient (Wildman–Crippen LogP) is 1.76. The smallest absolute Gasteiger partial charge is 0.406 e. The van der Waals surface area contributed by atoms with Gasteiger partial charge in [-0.2, -0.15) is 0 Å². The average Bonchev–Trinajstić information content (AvgIpc) is 3.31. The number of hydrogen-bond acceptors (Lipinski definition) is 7. The van der Waals surface area contributed by atoms with Gasteiger partial charge in [-0.3, -0.25) is 14.2 Å². The summed E-state index contributed by atoms with van der Waals surface area (Å²) in [6.45, 7) is 1.23. The van der Waals surface area contributed by atoms with E-state index in [1.807, 2.05) is 0 Å². The maximum absolute atomic E-state index is 12.3. The van der Waals surface area contributed by atoms with Crippen molar-refractivity contribution in [3.63, 3.8) is 0 Å². The van der Waals surface area contributed by atoms with Crippen LogP contribution in [-0.4, -0.2) is 42.3 Å². The molecule has 0 saturated heterocycles. The number of unbranched alkanes of at least 4 members (excludes halogenated alkanes) is 1. The first-order chi connectivity index (χ1) is 14.3. The number of nitrogens with one attached hydrogen (secondary N) is 1. The van der Waals surface area contributed by atoms with Gasteiger partial charge in [0.2, 0.25) is 0 Å². The van der Waals surface area contributed by atoms with Gasteiger partial charge in [-0.1, -0.05) is 22.6 Å². The Balaban J connectivity index is 1.44. The third kappa shape index (κ3) is 6.46. The number of hydrogen-bond donors (Lipinski definition) is 2. The van der Waals surface area contributed by atoms with Crippen molar-refractivity contribution in [1.82, 2.24) is 35.3 Å². The van der Waals surface area contributed by atoms with E-state index in [0.29, 0.717) is 24.5 Å². The number of ether oxygens (including phenoxy) is 1. The van der Waals surface area contributed by atoms with Crippen molar-refractivity contribution in [3.05, 3.63) is 47.9 Å². The number of amides is 1. The van der Waals surface area contributed by atoms with E-state index >= 15 is 0 Å². The maximum atomic E-state index is 12.3. The van der Waals surface area contributed by atoms with Gasteiger partial charge >= 0.3 is 6.36 Å². The Morgan fingerprint density at radius 2 is 1.80 bits per heavy atom. The largest absolute Gasteiger partial charge is 0.573 e. The number of alkyl halides is 3. The van der Waals surface area contributed by atoms with Crippen LogP contribution in [0.3, 0.4) is 0 Å². The summed E-state index contributed by atoms with van der Waals surface area (Å²) in [4.78, 5) is 12.2. The lowest BCUT2D eigenvalue weighted by molar-refractivity contribution is -0.274. The number of nitrogens with zero attached hydrogens (tertiary/aromatic N) is 6. The summed E-state index contributed by atoms with van der Waals surface area (Å²) in [5, 5.41) is 17.9. The summed E-state index contributed by atoms with van der Waals surface area (Å²) < 4.78 is 43.9. The molecule has 1 amide bonds. The molecule has 1 aromatic carbocycles. The van der Waals surface area contributed by atoms with Crippen molar-refractivity contribution in [2.45, 2.75) is 38.8 Å². The van der Waals surface area contributed by atoms with Crippen molar-refractivity contribution in [2.75, 3.05) is 5.73 Å².